The van der Waals surface area contributed by atoms with Crippen LogP contribution in [-0.4, -0.2) is 32.4 Å². The van der Waals surface area contributed by atoms with Crippen LogP contribution < -0.4 is 10.6 Å². The van der Waals surface area contributed by atoms with E-state index in [9.17, 15) is 9.59 Å². The molecule has 1 aliphatic rings. The fourth-order valence-electron chi connectivity index (χ4n) is 3.21. The Kier molecular flexibility index (Phi) is 5.23. The minimum atomic E-state index is -0.208. The Bertz CT molecular complexity index is 1200. The van der Waals surface area contributed by atoms with Gasteiger partial charge in [-0.15, -0.1) is 0 Å². The highest BCUT2D eigenvalue weighted by atomic mass is 16.2. The highest BCUT2D eigenvalue weighted by molar-refractivity contribution is 6.00. The molecular formula is C23H23N5O2. The third kappa shape index (κ3) is 4.18. The van der Waals surface area contributed by atoms with Crippen LogP contribution in [0.5, 0.6) is 0 Å². The molecule has 2 aromatic heterocycles. The minimum Gasteiger partial charge on any atom is -0.349 e. The van der Waals surface area contributed by atoms with Crippen LogP contribution in [0.4, 0.5) is 5.82 Å². The van der Waals surface area contributed by atoms with Crippen molar-refractivity contribution >= 4 is 28.7 Å². The standard InChI is InChI=1S/C23H23N5O2/c1-14(2)28-12-18(20-21(26-15(3)29)24-13-25-22(20)28)8-7-16-5-4-6-17(11-16)23(30)27-19-9-10-19/h4-6,11-14,19H,9-10H2,1-3H3,(H,27,30)(H,24,25,26,29). The zero-order valence-electron chi connectivity index (χ0n) is 17.2. The molecule has 4 rings (SSSR count). The number of nitrogens with one attached hydrogen (secondary N) is 2. The average molecular weight is 401 g/mol. The molecule has 30 heavy (non-hydrogen) atoms. The molecule has 1 aromatic carbocycles. The van der Waals surface area contributed by atoms with Gasteiger partial charge in [0.15, 0.2) is 0 Å². The number of carbonyl (C=O) groups excluding carboxylic acids is 2. The van der Waals surface area contributed by atoms with Crippen LogP contribution in [0.15, 0.2) is 36.8 Å². The SMILES string of the molecule is CC(=O)Nc1ncnc2c1c(C#Cc1cccc(C(=O)NC3CC3)c1)cn2C(C)C. The number of hydrogen-bond donors (Lipinski definition) is 2. The van der Waals surface area contributed by atoms with E-state index in [0.29, 0.717) is 28.5 Å². The molecule has 1 saturated carbocycles. The zero-order valence-corrected chi connectivity index (χ0v) is 17.2. The maximum Gasteiger partial charge on any atom is 0.251 e. The molecule has 0 atom stereocenters. The number of fused-ring (bicyclic) bond motifs is 1. The van der Waals surface area contributed by atoms with Crippen molar-refractivity contribution in [2.45, 2.75) is 45.7 Å². The Morgan fingerprint density at radius 2 is 2.00 bits per heavy atom. The molecule has 2 amide bonds. The highest BCUT2D eigenvalue weighted by Gasteiger charge is 2.23. The van der Waals surface area contributed by atoms with Crippen molar-refractivity contribution in [2.75, 3.05) is 5.32 Å². The summed E-state index contributed by atoms with van der Waals surface area (Å²) in [6.45, 7) is 5.55. The molecule has 1 aliphatic carbocycles. The van der Waals surface area contributed by atoms with E-state index in [0.717, 1.165) is 24.0 Å². The van der Waals surface area contributed by atoms with Crippen molar-refractivity contribution in [2.24, 2.45) is 0 Å². The Morgan fingerprint density at radius 1 is 1.20 bits per heavy atom. The van der Waals surface area contributed by atoms with Gasteiger partial charge in [0.05, 0.1) is 10.9 Å². The fourth-order valence-corrected chi connectivity index (χ4v) is 3.21. The minimum absolute atomic E-state index is 0.0705. The quantitative estimate of drug-likeness (QED) is 0.657. The number of hydrogen-bond acceptors (Lipinski definition) is 4. The van der Waals surface area contributed by atoms with Crippen LogP contribution in [0.25, 0.3) is 11.0 Å². The van der Waals surface area contributed by atoms with Gasteiger partial charge in [0.1, 0.15) is 17.8 Å². The van der Waals surface area contributed by atoms with E-state index in [1.807, 2.05) is 22.9 Å². The van der Waals surface area contributed by atoms with Gasteiger partial charge < -0.3 is 15.2 Å². The van der Waals surface area contributed by atoms with Gasteiger partial charge in [0, 0.05) is 36.3 Å². The summed E-state index contributed by atoms with van der Waals surface area (Å²) in [5.41, 5.74) is 2.77. The number of benzene rings is 1. The highest BCUT2D eigenvalue weighted by Crippen LogP contribution is 2.27. The zero-order chi connectivity index (χ0) is 21.3. The smallest absolute Gasteiger partial charge is 0.251 e. The van der Waals surface area contributed by atoms with E-state index in [1.54, 1.807) is 12.1 Å². The van der Waals surface area contributed by atoms with E-state index in [1.165, 1.54) is 13.3 Å². The van der Waals surface area contributed by atoms with Crippen molar-refractivity contribution in [3.63, 3.8) is 0 Å². The molecule has 0 spiro atoms. The Balaban J connectivity index is 1.73. The Morgan fingerprint density at radius 3 is 2.70 bits per heavy atom. The summed E-state index contributed by atoms with van der Waals surface area (Å²) in [7, 11) is 0. The molecule has 1 fully saturated rings. The van der Waals surface area contributed by atoms with Crippen LogP contribution in [0.3, 0.4) is 0 Å². The number of aromatic nitrogens is 3. The second-order valence-electron chi connectivity index (χ2n) is 7.72. The third-order valence-electron chi connectivity index (χ3n) is 4.84. The third-order valence-corrected chi connectivity index (χ3v) is 4.84. The van der Waals surface area contributed by atoms with Gasteiger partial charge in [0.25, 0.3) is 5.91 Å². The molecule has 7 heteroatoms. The topological polar surface area (TPSA) is 88.9 Å². The molecule has 0 radical (unpaired) electrons. The second kappa shape index (κ2) is 7.99. The molecule has 3 aromatic rings. The van der Waals surface area contributed by atoms with Gasteiger partial charge in [0.2, 0.25) is 5.91 Å². The molecule has 0 bridgehead atoms. The predicted molar refractivity (Wildman–Crippen MR) is 115 cm³/mol. The molecule has 0 saturated heterocycles. The van der Waals surface area contributed by atoms with Crippen molar-refractivity contribution in [1.29, 1.82) is 0 Å². The maximum absolute atomic E-state index is 12.3. The summed E-state index contributed by atoms with van der Waals surface area (Å²) in [5, 5.41) is 6.46. The number of rotatable bonds is 4. The van der Waals surface area contributed by atoms with Crippen LogP contribution in [-0.2, 0) is 4.79 Å². The van der Waals surface area contributed by atoms with Crippen LogP contribution in [0.2, 0.25) is 0 Å². The number of amides is 2. The summed E-state index contributed by atoms with van der Waals surface area (Å²) >= 11 is 0. The lowest BCUT2D eigenvalue weighted by molar-refractivity contribution is -0.114. The van der Waals surface area contributed by atoms with Gasteiger partial charge in [-0.2, -0.15) is 0 Å². The van der Waals surface area contributed by atoms with E-state index in [4.69, 9.17) is 0 Å². The summed E-state index contributed by atoms with van der Waals surface area (Å²) < 4.78 is 2.01. The maximum atomic E-state index is 12.3. The van der Waals surface area contributed by atoms with Gasteiger partial charge in [-0.25, -0.2) is 9.97 Å². The molecular weight excluding hydrogens is 378 g/mol. The van der Waals surface area contributed by atoms with Crippen molar-refractivity contribution in [3.05, 3.63) is 53.5 Å². The Labute approximate surface area is 174 Å². The fraction of sp³-hybridized carbons (Fsp3) is 0.304. The first-order valence-corrected chi connectivity index (χ1v) is 9.98. The van der Waals surface area contributed by atoms with E-state index >= 15 is 0 Å². The monoisotopic (exact) mass is 401 g/mol. The average Bonchev–Trinajstić information content (AvgIpc) is 3.44. The van der Waals surface area contributed by atoms with E-state index in [-0.39, 0.29) is 17.9 Å². The Hall–Kier alpha value is -3.66. The molecule has 0 unspecified atom stereocenters. The largest absolute Gasteiger partial charge is 0.349 e. The molecule has 2 heterocycles. The lowest BCUT2D eigenvalue weighted by Gasteiger charge is -2.08. The predicted octanol–water partition coefficient (Wildman–Crippen LogP) is 3.26. The van der Waals surface area contributed by atoms with Crippen LogP contribution in [0.1, 0.15) is 61.1 Å². The van der Waals surface area contributed by atoms with Gasteiger partial charge >= 0.3 is 0 Å². The lowest BCUT2D eigenvalue weighted by atomic mass is 10.1. The molecule has 0 aliphatic heterocycles. The van der Waals surface area contributed by atoms with E-state index in [2.05, 4.69) is 46.3 Å². The van der Waals surface area contributed by atoms with Crippen molar-refractivity contribution in [1.82, 2.24) is 19.9 Å². The van der Waals surface area contributed by atoms with Gasteiger partial charge in [-0.3, -0.25) is 9.59 Å². The first kappa shape index (κ1) is 19.6. The second-order valence-corrected chi connectivity index (χ2v) is 7.72. The molecule has 152 valence electrons. The normalized spacial score (nSPS) is 13.1. The van der Waals surface area contributed by atoms with Crippen molar-refractivity contribution < 1.29 is 9.59 Å². The first-order chi connectivity index (χ1) is 14.4. The summed E-state index contributed by atoms with van der Waals surface area (Å²) in [5.74, 6) is 6.48. The van der Waals surface area contributed by atoms with Gasteiger partial charge in [-0.05, 0) is 44.9 Å². The lowest BCUT2D eigenvalue weighted by Crippen LogP contribution is -2.25. The molecule has 7 nitrogen and oxygen atoms in total. The summed E-state index contributed by atoms with van der Waals surface area (Å²) in [6.07, 6.45) is 5.45. The van der Waals surface area contributed by atoms with Crippen LogP contribution in [0, 0.1) is 11.8 Å². The molecule has 2 N–H and O–H groups in total. The first-order valence-electron chi connectivity index (χ1n) is 9.98. The van der Waals surface area contributed by atoms with Gasteiger partial charge in [-0.1, -0.05) is 17.9 Å². The van der Waals surface area contributed by atoms with E-state index < -0.39 is 0 Å². The summed E-state index contributed by atoms with van der Waals surface area (Å²) in [6, 6.07) is 7.75. The number of carbonyl (C=O) groups is 2. The number of anilines is 1. The summed E-state index contributed by atoms with van der Waals surface area (Å²) in [4.78, 5) is 32.5. The van der Waals surface area contributed by atoms with Crippen molar-refractivity contribution in [3.8, 4) is 11.8 Å². The van der Waals surface area contributed by atoms with Crippen LogP contribution >= 0.6 is 0 Å². The number of nitrogens with zero attached hydrogens (tertiary/aromatic N) is 3.